The van der Waals surface area contributed by atoms with Gasteiger partial charge in [0.2, 0.25) is 5.91 Å². The van der Waals surface area contributed by atoms with E-state index >= 15 is 0 Å². The van der Waals surface area contributed by atoms with Crippen molar-refractivity contribution in [2.75, 3.05) is 11.5 Å². The summed E-state index contributed by atoms with van der Waals surface area (Å²) in [6.07, 6.45) is 0.530. The van der Waals surface area contributed by atoms with Crippen LogP contribution in [0.3, 0.4) is 0 Å². The van der Waals surface area contributed by atoms with Crippen molar-refractivity contribution in [3.05, 3.63) is 47.7 Å². The first-order chi connectivity index (χ1) is 13.3. The summed E-state index contributed by atoms with van der Waals surface area (Å²) < 4.78 is 28.8. The van der Waals surface area contributed by atoms with Gasteiger partial charge in [0.15, 0.2) is 15.6 Å². The number of carbonyl (C=O) groups excluding carboxylic acids is 2. The molecular weight excluding hydrogens is 380 g/mol. The predicted octanol–water partition coefficient (Wildman–Crippen LogP) is 2.48. The first-order valence-corrected chi connectivity index (χ1v) is 10.9. The molecule has 4 rings (SSSR count). The standard InChI is InChI=1S/C20H20N2O5S/c1-12-15-7-6-14-4-2-3-5-16(14)19(15)27-18(12)20(24)22-21-17(23)10-13-8-9-28(25,26)11-13/h2-7,13H,8-11H2,1H3,(H,21,23)(H,22,24)/t13-/m1/s1. The number of aryl methyl sites for hydroxylation is 1. The lowest BCUT2D eigenvalue weighted by molar-refractivity contribution is -0.122. The molecule has 1 fully saturated rings. The van der Waals surface area contributed by atoms with Crippen molar-refractivity contribution in [3.8, 4) is 0 Å². The van der Waals surface area contributed by atoms with Gasteiger partial charge >= 0.3 is 5.91 Å². The van der Waals surface area contributed by atoms with Crippen LogP contribution in [0.2, 0.25) is 0 Å². The monoisotopic (exact) mass is 400 g/mol. The molecule has 7 nitrogen and oxygen atoms in total. The van der Waals surface area contributed by atoms with Crippen LogP contribution in [0.25, 0.3) is 21.7 Å². The Morgan fingerprint density at radius 1 is 1.11 bits per heavy atom. The highest BCUT2D eigenvalue weighted by molar-refractivity contribution is 7.91. The first kappa shape index (κ1) is 18.5. The molecule has 3 aromatic rings. The molecule has 28 heavy (non-hydrogen) atoms. The fourth-order valence-corrected chi connectivity index (χ4v) is 5.56. The Balaban J connectivity index is 1.47. The number of rotatable bonds is 3. The quantitative estimate of drug-likeness (QED) is 0.657. The molecule has 146 valence electrons. The minimum atomic E-state index is -3.04. The van der Waals surface area contributed by atoms with Gasteiger partial charge in [0, 0.05) is 22.8 Å². The number of amides is 2. The zero-order valence-electron chi connectivity index (χ0n) is 15.3. The average Bonchev–Trinajstić information content (AvgIpc) is 3.19. The van der Waals surface area contributed by atoms with Crippen LogP contribution in [0, 0.1) is 12.8 Å². The normalized spacial score (nSPS) is 18.4. The van der Waals surface area contributed by atoms with Crippen molar-refractivity contribution in [1.29, 1.82) is 0 Å². The fraction of sp³-hybridized carbons (Fsp3) is 0.300. The van der Waals surface area contributed by atoms with Crippen molar-refractivity contribution in [2.45, 2.75) is 19.8 Å². The lowest BCUT2D eigenvalue weighted by Gasteiger charge is -2.09. The van der Waals surface area contributed by atoms with E-state index in [1.165, 1.54) is 0 Å². The summed E-state index contributed by atoms with van der Waals surface area (Å²) in [5, 5.41) is 2.76. The van der Waals surface area contributed by atoms with E-state index in [4.69, 9.17) is 4.42 Å². The van der Waals surface area contributed by atoms with E-state index < -0.39 is 21.7 Å². The molecule has 8 heteroatoms. The van der Waals surface area contributed by atoms with Crippen LogP contribution < -0.4 is 10.9 Å². The summed E-state index contributed by atoms with van der Waals surface area (Å²) in [4.78, 5) is 24.5. The van der Waals surface area contributed by atoms with E-state index in [1.54, 1.807) is 6.92 Å². The van der Waals surface area contributed by atoms with Crippen LogP contribution in [0.4, 0.5) is 0 Å². The van der Waals surface area contributed by atoms with Crippen molar-refractivity contribution in [1.82, 2.24) is 10.9 Å². The molecule has 1 saturated heterocycles. The number of hydrogen-bond donors (Lipinski definition) is 2. The van der Waals surface area contributed by atoms with Crippen molar-refractivity contribution < 1.29 is 22.4 Å². The highest BCUT2D eigenvalue weighted by Crippen LogP contribution is 2.31. The molecule has 0 radical (unpaired) electrons. The van der Waals surface area contributed by atoms with Gasteiger partial charge in [-0.25, -0.2) is 8.42 Å². The van der Waals surface area contributed by atoms with Gasteiger partial charge in [0.1, 0.15) is 5.58 Å². The van der Waals surface area contributed by atoms with Crippen LogP contribution in [0.15, 0.2) is 40.8 Å². The van der Waals surface area contributed by atoms with Gasteiger partial charge < -0.3 is 4.42 Å². The summed E-state index contributed by atoms with van der Waals surface area (Å²) in [5.74, 6) is -0.913. The number of hydrogen-bond acceptors (Lipinski definition) is 5. The maximum absolute atomic E-state index is 12.5. The summed E-state index contributed by atoms with van der Waals surface area (Å²) in [6.45, 7) is 1.79. The van der Waals surface area contributed by atoms with Crippen molar-refractivity contribution in [3.63, 3.8) is 0 Å². The van der Waals surface area contributed by atoms with Gasteiger partial charge in [-0.3, -0.25) is 20.4 Å². The Kier molecular flexibility index (Phi) is 4.58. The molecule has 0 bridgehead atoms. The summed E-state index contributed by atoms with van der Waals surface area (Å²) in [5.41, 5.74) is 6.03. The molecule has 0 saturated carbocycles. The van der Waals surface area contributed by atoms with Gasteiger partial charge in [-0.15, -0.1) is 0 Å². The first-order valence-electron chi connectivity index (χ1n) is 9.04. The number of hydrazine groups is 1. The average molecular weight is 400 g/mol. The SMILES string of the molecule is Cc1c(C(=O)NNC(=O)C[C@H]2CCS(=O)(=O)C2)oc2c1ccc1ccccc12. The Hall–Kier alpha value is -2.87. The zero-order valence-corrected chi connectivity index (χ0v) is 16.1. The van der Waals surface area contributed by atoms with Crippen LogP contribution in [-0.2, 0) is 14.6 Å². The number of sulfone groups is 1. The van der Waals surface area contributed by atoms with E-state index in [2.05, 4.69) is 10.9 Å². The lowest BCUT2D eigenvalue weighted by Crippen LogP contribution is -2.42. The molecule has 2 amide bonds. The van der Waals surface area contributed by atoms with Gasteiger partial charge in [-0.1, -0.05) is 36.4 Å². The Bertz CT molecular complexity index is 1200. The van der Waals surface area contributed by atoms with E-state index in [0.717, 1.165) is 16.2 Å². The van der Waals surface area contributed by atoms with E-state index in [1.807, 2.05) is 36.4 Å². The molecular formula is C20H20N2O5S. The molecule has 1 aromatic heterocycles. The highest BCUT2D eigenvalue weighted by Gasteiger charge is 2.29. The third-order valence-electron chi connectivity index (χ3n) is 5.15. The van der Waals surface area contributed by atoms with Crippen LogP contribution in [0.1, 0.15) is 29.0 Å². The number of carbonyl (C=O) groups is 2. The van der Waals surface area contributed by atoms with Crippen molar-refractivity contribution in [2.24, 2.45) is 5.92 Å². The molecule has 1 aliphatic heterocycles. The van der Waals surface area contributed by atoms with Gasteiger partial charge in [0.25, 0.3) is 0 Å². The van der Waals surface area contributed by atoms with E-state index in [0.29, 0.717) is 17.6 Å². The lowest BCUT2D eigenvalue weighted by atomic mass is 10.1. The molecule has 0 aliphatic carbocycles. The second-order valence-electron chi connectivity index (χ2n) is 7.20. The second-order valence-corrected chi connectivity index (χ2v) is 9.42. The van der Waals surface area contributed by atoms with Crippen LogP contribution >= 0.6 is 0 Å². The third kappa shape index (κ3) is 3.47. The van der Waals surface area contributed by atoms with Gasteiger partial charge in [0.05, 0.1) is 11.5 Å². The van der Waals surface area contributed by atoms with E-state index in [-0.39, 0.29) is 29.6 Å². The third-order valence-corrected chi connectivity index (χ3v) is 6.99. The second kappa shape index (κ2) is 6.94. The largest absolute Gasteiger partial charge is 0.450 e. The molecule has 2 N–H and O–H groups in total. The Morgan fingerprint density at radius 2 is 1.89 bits per heavy atom. The summed E-state index contributed by atoms with van der Waals surface area (Å²) in [6, 6.07) is 11.6. The molecule has 1 atom stereocenters. The Labute approximate surface area is 162 Å². The predicted molar refractivity (Wildman–Crippen MR) is 105 cm³/mol. The number of nitrogens with one attached hydrogen (secondary N) is 2. The van der Waals surface area contributed by atoms with Crippen molar-refractivity contribution >= 4 is 43.4 Å². The maximum Gasteiger partial charge on any atom is 0.305 e. The molecule has 0 unspecified atom stereocenters. The number of furan rings is 1. The molecule has 1 aliphatic rings. The zero-order chi connectivity index (χ0) is 19.9. The maximum atomic E-state index is 12.5. The van der Waals surface area contributed by atoms with Gasteiger partial charge in [-0.2, -0.15) is 0 Å². The Morgan fingerprint density at radius 3 is 2.64 bits per heavy atom. The molecule has 0 spiro atoms. The smallest absolute Gasteiger partial charge is 0.305 e. The molecule has 2 aromatic carbocycles. The van der Waals surface area contributed by atoms with E-state index in [9.17, 15) is 18.0 Å². The molecule has 2 heterocycles. The minimum absolute atomic E-state index is 0.0180. The summed E-state index contributed by atoms with van der Waals surface area (Å²) >= 11 is 0. The number of benzene rings is 2. The number of fused-ring (bicyclic) bond motifs is 3. The fourth-order valence-electron chi connectivity index (χ4n) is 3.70. The van der Waals surface area contributed by atoms with Crippen LogP contribution in [-0.4, -0.2) is 31.7 Å². The topological polar surface area (TPSA) is 105 Å². The van der Waals surface area contributed by atoms with Crippen LogP contribution in [0.5, 0.6) is 0 Å². The van der Waals surface area contributed by atoms with Gasteiger partial charge in [-0.05, 0) is 24.6 Å². The highest BCUT2D eigenvalue weighted by atomic mass is 32.2. The minimum Gasteiger partial charge on any atom is -0.450 e. The summed E-state index contributed by atoms with van der Waals surface area (Å²) in [7, 11) is -3.04.